The quantitative estimate of drug-likeness (QED) is 0.389. The number of carbonyl (C=O) groups is 2. The summed E-state index contributed by atoms with van der Waals surface area (Å²) in [6, 6.07) is 4.30. The Bertz CT molecular complexity index is 927. The minimum absolute atomic E-state index is 0.186. The first-order valence-corrected chi connectivity index (χ1v) is 13.8. The number of amides is 1. The lowest BCUT2D eigenvalue weighted by Gasteiger charge is -2.57. The van der Waals surface area contributed by atoms with Crippen LogP contribution in [0.2, 0.25) is 0 Å². The van der Waals surface area contributed by atoms with Gasteiger partial charge in [0.05, 0.1) is 12.5 Å². The van der Waals surface area contributed by atoms with Gasteiger partial charge in [-0.05, 0) is 43.2 Å². The predicted molar refractivity (Wildman–Crippen MR) is 132 cm³/mol. The van der Waals surface area contributed by atoms with E-state index in [1.807, 2.05) is 6.07 Å². The van der Waals surface area contributed by atoms with Crippen LogP contribution in [0.15, 0.2) is 12.1 Å². The van der Waals surface area contributed by atoms with Gasteiger partial charge in [-0.3, -0.25) is 9.59 Å². The molecule has 1 saturated heterocycles. The van der Waals surface area contributed by atoms with Crippen LogP contribution in [-0.2, 0) is 21.4 Å². The van der Waals surface area contributed by atoms with Crippen molar-refractivity contribution in [3.8, 4) is 11.5 Å². The number of benzene rings is 1. The Morgan fingerprint density at radius 3 is 2.59 bits per heavy atom. The molecule has 1 aromatic rings. The van der Waals surface area contributed by atoms with E-state index in [1.165, 1.54) is 56.1 Å². The molecular formula is C29H41NO4. The van der Waals surface area contributed by atoms with Crippen molar-refractivity contribution < 1.29 is 19.1 Å². The highest BCUT2D eigenvalue weighted by Gasteiger charge is 2.66. The lowest BCUT2D eigenvalue weighted by atomic mass is 9.51. The maximum atomic E-state index is 13.4. The number of hydrogen-bond donors (Lipinski definition) is 0. The first kappa shape index (κ1) is 23.7. The van der Waals surface area contributed by atoms with Crippen molar-refractivity contribution in [1.29, 1.82) is 0 Å². The molecule has 4 aliphatic rings. The van der Waals surface area contributed by atoms with Crippen molar-refractivity contribution >= 4 is 11.7 Å². The zero-order valence-corrected chi connectivity index (χ0v) is 21.1. The SMILES string of the molecule is CCCCCCCCCCCC(=O)N1CC[C@]23c4c5ccc(OC)c4O[C@H]2C(=O)CC[C@H]3[C@H]1C5. The molecule has 0 radical (unpaired) electrons. The topological polar surface area (TPSA) is 55.8 Å². The summed E-state index contributed by atoms with van der Waals surface area (Å²) < 4.78 is 12.0. The average Bonchev–Trinajstić information content (AvgIpc) is 3.19. The standard InChI is InChI=1S/C29H41NO4/c1-3-4-5-6-7-8-9-10-11-12-25(32)30-18-17-29-21-14-15-23(31)28(29)34-27-24(33-2)16-13-20(26(27)29)19-22(21)30/h13,16,21-22,28H,3-12,14-15,17-19H2,1-2H3/t21-,22+,28-,29-/m0/s1. The summed E-state index contributed by atoms with van der Waals surface area (Å²) in [4.78, 5) is 28.5. The maximum absolute atomic E-state index is 13.4. The largest absolute Gasteiger partial charge is 0.493 e. The molecule has 2 aliphatic carbocycles. The fourth-order valence-electron chi connectivity index (χ4n) is 7.52. The Balaban J connectivity index is 1.24. The Hall–Kier alpha value is -2.04. The first-order chi connectivity index (χ1) is 16.6. The molecule has 2 fully saturated rings. The molecule has 34 heavy (non-hydrogen) atoms. The highest BCUT2D eigenvalue weighted by atomic mass is 16.5. The van der Waals surface area contributed by atoms with Crippen LogP contribution in [0.25, 0.3) is 0 Å². The number of rotatable bonds is 11. The molecule has 1 saturated carbocycles. The van der Waals surface area contributed by atoms with Gasteiger partial charge < -0.3 is 14.4 Å². The third-order valence-electron chi connectivity index (χ3n) is 9.13. The smallest absolute Gasteiger partial charge is 0.222 e. The van der Waals surface area contributed by atoms with Crippen molar-refractivity contribution in [3.63, 3.8) is 0 Å². The molecule has 5 nitrogen and oxygen atoms in total. The van der Waals surface area contributed by atoms with E-state index in [9.17, 15) is 9.59 Å². The van der Waals surface area contributed by atoms with Gasteiger partial charge in [-0.15, -0.1) is 0 Å². The van der Waals surface area contributed by atoms with Gasteiger partial charge in [-0.1, -0.05) is 64.4 Å². The van der Waals surface area contributed by atoms with Crippen LogP contribution in [-0.4, -0.2) is 42.4 Å². The number of carbonyl (C=O) groups excluding carboxylic acids is 2. The zero-order valence-electron chi connectivity index (χ0n) is 21.1. The second kappa shape index (κ2) is 9.91. The Morgan fingerprint density at radius 1 is 1.12 bits per heavy atom. The van der Waals surface area contributed by atoms with Gasteiger partial charge in [0.15, 0.2) is 23.4 Å². The van der Waals surface area contributed by atoms with Crippen LogP contribution in [0.3, 0.4) is 0 Å². The van der Waals surface area contributed by atoms with Crippen molar-refractivity contribution in [2.45, 2.75) is 114 Å². The zero-order chi connectivity index (χ0) is 23.7. The molecule has 186 valence electrons. The second-order valence-electron chi connectivity index (χ2n) is 11.0. The summed E-state index contributed by atoms with van der Waals surface area (Å²) in [5, 5.41) is 0. The molecule has 2 bridgehead atoms. The molecule has 0 N–H and O–H groups in total. The molecule has 1 spiro atoms. The lowest BCUT2D eigenvalue weighted by molar-refractivity contribution is -0.148. The molecule has 4 atom stereocenters. The number of likely N-dealkylation sites (tertiary alicyclic amines) is 1. The van der Waals surface area contributed by atoms with Gasteiger partial charge in [0.1, 0.15) is 0 Å². The van der Waals surface area contributed by atoms with Gasteiger partial charge in [0, 0.05) is 31.0 Å². The predicted octanol–water partition coefficient (Wildman–Crippen LogP) is 5.75. The molecule has 0 aromatic heterocycles. The van der Waals surface area contributed by atoms with E-state index >= 15 is 0 Å². The summed E-state index contributed by atoms with van der Waals surface area (Å²) >= 11 is 0. The van der Waals surface area contributed by atoms with Gasteiger partial charge in [-0.25, -0.2) is 0 Å². The lowest BCUT2D eigenvalue weighted by Crippen LogP contribution is -2.66. The van der Waals surface area contributed by atoms with E-state index < -0.39 is 6.10 Å². The van der Waals surface area contributed by atoms with Crippen molar-refractivity contribution in [1.82, 2.24) is 4.90 Å². The molecule has 5 heteroatoms. The highest BCUT2D eigenvalue weighted by Crippen LogP contribution is 2.63. The highest BCUT2D eigenvalue weighted by molar-refractivity contribution is 5.89. The maximum Gasteiger partial charge on any atom is 0.222 e. The first-order valence-electron chi connectivity index (χ1n) is 13.8. The third kappa shape index (κ3) is 3.83. The third-order valence-corrected chi connectivity index (χ3v) is 9.13. The number of ketones is 1. The number of unbranched alkanes of at least 4 members (excludes halogenated alkanes) is 8. The number of ether oxygens (including phenoxy) is 2. The van der Waals surface area contributed by atoms with Crippen LogP contribution in [0.5, 0.6) is 11.5 Å². The fourth-order valence-corrected chi connectivity index (χ4v) is 7.52. The monoisotopic (exact) mass is 467 g/mol. The molecule has 2 aliphatic heterocycles. The van der Waals surface area contributed by atoms with Crippen molar-refractivity contribution in [2.24, 2.45) is 5.92 Å². The Kier molecular flexibility index (Phi) is 6.90. The summed E-state index contributed by atoms with van der Waals surface area (Å²) in [7, 11) is 1.67. The van der Waals surface area contributed by atoms with E-state index in [0.29, 0.717) is 24.7 Å². The van der Waals surface area contributed by atoms with E-state index in [0.717, 1.165) is 50.1 Å². The van der Waals surface area contributed by atoms with Gasteiger partial charge in [0.2, 0.25) is 5.91 Å². The van der Waals surface area contributed by atoms with Crippen LogP contribution >= 0.6 is 0 Å². The van der Waals surface area contributed by atoms with E-state index in [-0.39, 0.29) is 17.2 Å². The van der Waals surface area contributed by atoms with Crippen LogP contribution < -0.4 is 9.47 Å². The van der Waals surface area contributed by atoms with Crippen LogP contribution in [0, 0.1) is 5.92 Å². The van der Waals surface area contributed by atoms with Crippen LogP contribution in [0.4, 0.5) is 0 Å². The summed E-state index contributed by atoms with van der Waals surface area (Å²) in [5.74, 6) is 2.36. The minimum atomic E-state index is -0.409. The molecule has 1 amide bonds. The number of nitrogens with zero attached hydrogens (tertiary/aromatic N) is 1. The second-order valence-corrected chi connectivity index (χ2v) is 11.0. The van der Waals surface area contributed by atoms with Crippen molar-refractivity contribution in [2.75, 3.05) is 13.7 Å². The van der Waals surface area contributed by atoms with E-state index in [4.69, 9.17) is 9.47 Å². The Labute approximate surface area is 204 Å². The molecule has 0 unspecified atom stereocenters. The van der Waals surface area contributed by atoms with Crippen LogP contribution in [0.1, 0.15) is 102 Å². The number of Topliss-reactive ketones (excluding diaryl/α,β-unsaturated/α-hetero) is 1. The summed E-state index contributed by atoms with van der Waals surface area (Å²) in [5.41, 5.74) is 2.19. The van der Waals surface area contributed by atoms with Gasteiger partial charge >= 0.3 is 0 Å². The van der Waals surface area contributed by atoms with Gasteiger partial charge in [0.25, 0.3) is 0 Å². The van der Waals surface area contributed by atoms with Crippen molar-refractivity contribution in [3.05, 3.63) is 23.3 Å². The number of hydrogen-bond acceptors (Lipinski definition) is 4. The average molecular weight is 468 g/mol. The fraction of sp³-hybridized carbons (Fsp3) is 0.724. The molecule has 1 aromatic carbocycles. The summed E-state index contributed by atoms with van der Waals surface area (Å²) in [6.07, 6.45) is 14.8. The van der Waals surface area contributed by atoms with Gasteiger partial charge in [-0.2, -0.15) is 0 Å². The normalized spacial score (nSPS) is 28.5. The molecular weight excluding hydrogens is 426 g/mol. The number of piperidine rings is 1. The van der Waals surface area contributed by atoms with E-state index in [2.05, 4.69) is 17.9 Å². The Morgan fingerprint density at radius 2 is 1.85 bits per heavy atom. The minimum Gasteiger partial charge on any atom is -0.493 e. The number of methoxy groups -OCH3 is 1. The summed E-state index contributed by atoms with van der Waals surface area (Å²) in [6.45, 7) is 2.99. The molecule has 2 heterocycles. The molecule has 5 rings (SSSR count). The van der Waals surface area contributed by atoms with E-state index in [1.54, 1.807) is 7.11 Å².